The number of sulfonamides is 1. The van der Waals surface area contributed by atoms with Crippen LogP contribution in [0.3, 0.4) is 0 Å². The molecule has 0 radical (unpaired) electrons. The highest BCUT2D eigenvalue weighted by Gasteiger charge is 2.25. The third-order valence-corrected chi connectivity index (χ3v) is 3.76. The average Bonchev–Trinajstić information content (AvgIpc) is 2.35. The van der Waals surface area contributed by atoms with Gasteiger partial charge in [-0.25, -0.2) is 13.6 Å². The first-order valence-corrected chi connectivity index (χ1v) is 7.31. The van der Waals surface area contributed by atoms with Gasteiger partial charge in [-0.3, -0.25) is 4.79 Å². The fraction of sp³-hybridized carbons (Fsp3) is 0.417. The van der Waals surface area contributed by atoms with Crippen LogP contribution in [0.4, 0.5) is 0 Å². The van der Waals surface area contributed by atoms with Crippen molar-refractivity contribution in [2.24, 2.45) is 16.3 Å². The Morgan fingerprint density at radius 2 is 1.79 bits per heavy atom. The van der Waals surface area contributed by atoms with Gasteiger partial charge in [0.25, 0.3) is 0 Å². The lowest BCUT2D eigenvalue weighted by Gasteiger charge is -2.21. The van der Waals surface area contributed by atoms with E-state index in [1.165, 1.54) is 12.1 Å². The van der Waals surface area contributed by atoms with Gasteiger partial charge in [0.05, 0.1) is 10.3 Å². The molecule has 19 heavy (non-hydrogen) atoms. The Hall–Kier alpha value is -1.44. The highest BCUT2D eigenvalue weighted by atomic mass is 32.2. The fourth-order valence-corrected chi connectivity index (χ4v) is 1.83. The van der Waals surface area contributed by atoms with E-state index >= 15 is 0 Å². The SMILES string of the molecule is CC(C)(CN)C(=O)NCc1ccc(S(N)(=O)=O)cc1. The van der Waals surface area contributed by atoms with E-state index in [4.69, 9.17) is 10.9 Å². The molecule has 0 aromatic heterocycles. The Morgan fingerprint density at radius 1 is 1.26 bits per heavy atom. The van der Waals surface area contributed by atoms with Crippen molar-refractivity contribution in [2.45, 2.75) is 25.3 Å². The van der Waals surface area contributed by atoms with Crippen molar-refractivity contribution in [3.63, 3.8) is 0 Å². The number of nitrogens with two attached hydrogens (primary N) is 2. The van der Waals surface area contributed by atoms with Gasteiger partial charge in [-0.05, 0) is 31.5 Å². The minimum atomic E-state index is -3.68. The molecule has 7 heteroatoms. The normalized spacial score (nSPS) is 12.2. The molecule has 0 spiro atoms. The van der Waals surface area contributed by atoms with Crippen LogP contribution in [0.2, 0.25) is 0 Å². The molecule has 0 saturated heterocycles. The van der Waals surface area contributed by atoms with Gasteiger partial charge in [0, 0.05) is 13.1 Å². The molecule has 0 atom stereocenters. The fourth-order valence-electron chi connectivity index (χ4n) is 1.31. The van der Waals surface area contributed by atoms with Gasteiger partial charge in [0.15, 0.2) is 0 Å². The maximum atomic E-state index is 11.8. The van der Waals surface area contributed by atoms with Crippen molar-refractivity contribution >= 4 is 15.9 Å². The highest BCUT2D eigenvalue weighted by molar-refractivity contribution is 7.89. The zero-order valence-electron chi connectivity index (χ0n) is 11.0. The van der Waals surface area contributed by atoms with Crippen LogP contribution in [0.5, 0.6) is 0 Å². The predicted molar refractivity (Wildman–Crippen MR) is 72.5 cm³/mol. The zero-order chi connectivity index (χ0) is 14.7. The third kappa shape index (κ3) is 4.30. The Morgan fingerprint density at radius 3 is 2.21 bits per heavy atom. The lowest BCUT2D eigenvalue weighted by molar-refractivity contribution is -0.129. The average molecular weight is 285 g/mol. The van der Waals surface area contributed by atoms with Gasteiger partial charge >= 0.3 is 0 Å². The molecule has 5 N–H and O–H groups in total. The summed E-state index contributed by atoms with van der Waals surface area (Å²) in [5, 5.41) is 7.74. The molecule has 0 fully saturated rings. The van der Waals surface area contributed by atoms with Crippen molar-refractivity contribution in [2.75, 3.05) is 6.54 Å². The summed E-state index contributed by atoms with van der Waals surface area (Å²) >= 11 is 0. The lowest BCUT2D eigenvalue weighted by atomic mass is 9.92. The van der Waals surface area contributed by atoms with E-state index in [0.29, 0.717) is 6.54 Å². The number of hydrogen-bond donors (Lipinski definition) is 3. The second kappa shape index (κ2) is 5.68. The second-order valence-corrected chi connectivity index (χ2v) is 6.52. The molecule has 1 amide bonds. The van der Waals surface area contributed by atoms with Crippen molar-refractivity contribution in [3.05, 3.63) is 29.8 Å². The van der Waals surface area contributed by atoms with Crippen LogP contribution in [-0.4, -0.2) is 20.9 Å². The van der Waals surface area contributed by atoms with E-state index in [0.717, 1.165) is 5.56 Å². The predicted octanol–water partition coefficient (Wildman–Crippen LogP) is -0.0649. The van der Waals surface area contributed by atoms with Gasteiger partial charge in [-0.1, -0.05) is 12.1 Å². The number of amides is 1. The number of hydrogen-bond acceptors (Lipinski definition) is 4. The topological polar surface area (TPSA) is 115 Å². The molecule has 0 aliphatic rings. The van der Waals surface area contributed by atoms with Gasteiger partial charge in [-0.15, -0.1) is 0 Å². The first-order chi connectivity index (χ1) is 8.66. The molecule has 0 bridgehead atoms. The number of nitrogens with one attached hydrogen (secondary N) is 1. The molecular weight excluding hydrogens is 266 g/mol. The number of benzene rings is 1. The minimum Gasteiger partial charge on any atom is -0.352 e. The Labute approximate surface area is 113 Å². The number of carbonyl (C=O) groups excluding carboxylic acids is 1. The van der Waals surface area contributed by atoms with Gasteiger partial charge in [0.2, 0.25) is 15.9 Å². The van der Waals surface area contributed by atoms with Crippen molar-refractivity contribution in [3.8, 4) is 0 Å². The monoisotopic (exact) mass is 285 g/mol. The van der Waals surface area contributed by atoms with E-state index in [2.05, 4.69) is 5.32 Å². The van der Waals surface area contributed by atoms with Crippen molar-refractivity contribution in [1.29, 1.82) is 0 Å². The molecule has 6 nitrogen and oxygen atoms in total. The quantitative estimate of drug-likeness (QED) is 0.702. The summed E-state index contributed by atoms with van der Waals surface area (Å²) in [6.07, 6.45) is 0. The van der Waals surface area contributed by atoms with E-state index < -0.39 is 15.4 Å². The van der Waals surface area contributed by atoms with Crippen molar-refractivity contribution in [1.82, 2.24) is 5.32 Å². The minimum absolute atomic E-state index is 0.0462. The van der Waals surface area contributed by atoms with Crippen LogP contribution in [0.25, 0.3) is 0 Å². The summed E-state index contributed by atoms with van der Waals surface area (Å²) in [6.45, 7) is 4.08. The maximum Gasteiger partial charge on any atom is 0.238 e. The van der Waals surface area contributed by atoms with Crippen LogP contribution in [0.15, 0.2) is 29.2 Å². The summed E-state index contributed by atoms with van der Waals surface area (Å²) in [5.74, 6) is -0.148. The molecule has 1 aromatic carbocycles. The Bertz CT molecular complexity index is 550. The van der Waals surface area contributed by atoms with Crippen LogP contribution in [-0.2, 0) is 21.4 Å². The molecule has 1 aromatic rings. The Kier molecular flexibility index (Phi) is 4.67. The van der Waals surface area contributed by atoms with Crippen LogP contribution < -0.4 is 16.2 Å². The number of rotatable bonds is 5. The molecule has 0 aliphatic carbocycles. The van der Waals surface area contributed by atoms with E-state index in [9.17, 15) is 13.2 Å². The van der Waals surface area contributed by atoms with Crippen molar-refractivity contribution < 1.29 is 13.2 Å². The second-order valence-electron chi connectivity index (χ2n) is 4.96. The van der Waals surface area contributed by atoms with E-state index in [1.54, 1.807) is 26.0 Å². The summed E-state index contributed by atoms with van der Waals surface area (Å²) in [5.41, 5.74) is 5.66. The molecule has 0 heterocycles. The summed E-state index contributed by atoms with van der Waals surface area (Å²) < 4.78 is 22.1. The largest absolute Gasteiger partial charge is 0.352 e. The van der Waals surface area contributed by atoms with Gasteiger partial charge < -0.3 is 11.1 Å². The number of carbonyl (C=O) groups is 1. The first-order valence-electron chi connectivity index (χ1n) is 5.77. The summed E-state index contributed by atoms with van der Waals surface area (Å²) in [7, 11) is -3.68. The molecule has 1 rings (SSSR count). The third-order valence-electron chi connectivity index (χ3n) is 2.83. The van der Waals surface area contributed by atoms with Crippen LogP contribution >= 0.6 is 0 Å². The first kappa shape index (κ1) is 15.6. The molecule has 0 unspecified atom stereocenters. The van der Waals surface area contributed by atoms with Gasteiger partial charge in [0.1, 0.15) is 0 Å². The Balaban J connectivity index is 2.68. The lowest BCUT2D eigenvalue weighted by Crippen LogP contribution is -2.41. The van der Waals surface area contributed by atoms with Gasteiger partial charge in [-0.2, -0.15) is 0 Å². The summed E-state index contributed by atoms with van der Waals surface area (Å²) in [6, 6.07) is 6.03. The maximum absolute atomic E-state index is 11.8. The zero-order valence-corrected chi connectivity index (χ0v) is 11.8. The molecule has 0 aliphatic heterocycles. The molecule has 106 valence electrons. The smallest absolute Gasteiger partial charge is 0.238 e. The molecule has 0 saturated carbocycles. The summed E-state index contributed by atoms with van der Waals surface area (Å²) in [4.78, 5) is 11.8. The van der Waals surface area contributed by atoms with Crippen LogP contribution in [0, 0.1) is 5.41 Å². The molecular formula is C12H19N3O3S. The standard InChI is InChI=1S/C12H19N3O3S/c1-12(2,8-13)11(16)15-7-9-3-5-10(6-4-9)19(14,17)18/h3-6H,7-8,13H2,1-2H3,(H,15,16)(H2,14,17,18). The number of primary sulfonamides is 1. The highest BCUT2D eigenvalue weighted by Crippen LogP contribution is 2.13. The van der Waals surface area contributed by atoms with E-state index in [-0.39, 0.29) is 17.3 Å². The van der Waals surface area contributed by atoms with Crippen LogP contribution in [0.1, 0.15) is 19.4 Å². The van der Waals surface area contributed by atoms with E-state index in [1.807, 2.05) is 0 Å².